The van der Waals surface area contributed by atoms with Crippen LogP contribution >= 0.6 is 0 Å². The van der Waals surface area contributed by atoms with Crippen molar-refractivity contribution in [3.05, 3.63) is 0 Å². The topological polar surface area (TPSA) is 99.7 Å². The summed E-state index contributed by atoms with van der Waals surface area (Å²) in [5.74, 6) is -1.03. The molecule has 2 atom stereocenters. The van der Waals surface area contributed by atoms with Crippen LogP contribution in [0.4, 0.5) is 9.59 Å². The number of carbonyl (C=O) groups excluding carboxylic acids is 4. The molecule has 0 aromatic rings. The maximum absolute atomic E-state index is 12.6. The molecule has 0 N–H and O–H groups in total. The van der Waals surface area contributed by atoms with Crippen molar-refractivity contribution in [2.75, 3.05) is 26.6 Å². The monoisotopic (exact) mass is 342 g/mol. The van der Waals surface area contributed by atoms with Gasteiger partial charge in [-0.2, -0.15) is 0 Å². The summed E-state index contributed by atoms with van der Waals surface area (Å²) in [6.07, 6.45) is -1.21. The van der Waals surface area contributed by atoms with Crippen LogP contribution in [0.3, 0.4) is 0 Å². The van der Waals surface area contributed by atoms with E-state index < -0.39 is 24.3 Å². The van der Waals surface area contributed by atoms with E-state index in [9.17, 15) is 19.2 Å². The van der Waals surface area contributed by atoms with Crippen molar-refractivity contribution < 1.29 is 28.7 Å². The zero-order valence-electron chi connectivity index (χ0n) is 14.2. The Bertz CT molecular complexity index is 505. The van der Waals surface area contributed by atoms with E-state index in [1.165, 1.54) is 33.4 Å². The van der Waals surface area contributed by atoms with E-state index in [2.05, 4.69) is 0 Å². The quantitative estimate of drug-likeness (QED) is 0.639. The third-order valence-corrected chi connectivity index (χ3v) is 4.02. The summed E-state index contributed by atoms with van der Waals surface area (Å²) in [6, 6.07) is -0.681. The SMILES string of the molecule is CCN1C(=O)N(COC(C)=O)[C@H]2[C@H]1N(COC(C)=O)C(=O)N2CC. The van der Waals surface area contributed by atoms with E-state index in [1.807, 2.05) is 0 Å². The normalized spacial score (nSPS) is 23.0. The summed E-state index contributed by atoms with van der Waals surface area (Å²) in [5, 5.41) is 0. The van der Waals surface area contributed by atoms with E-state index in [0.29, 0.717) is 13.1 Å². The second-order valence-electron chi connectivity index (χ2n) is 5.43. The van der Waals surface area contributed by atoms with Crippen molar-refractivity contribution in [1.29, 1.82) is 0 Å². The van der Waals surface area contributed by atoms with Crippen molar-refractivity contribution in [2.24, 2.45) is 0 Å². The lowest BCUT2D eigenvalue weighted by Crippen LogP contribution is -2.47. The number of ether oxygens (including phenoxy) is 2. The van der Waals surface area contributed by atoms with Crippen LogP contribution in [-0.2, 0) is 19.1 Å². The highest BCUT2D eigenvalue weighted by atomic mass is 16.6. The Morgan fingerprint density at radius 3 is 1.38 bits per heavy atom. The zero-order chi connectivity index (χ0) is 18.0. The van der Waals surface area contributed by atoms with Gasteiger partial charge in [-0.15, -0.1) is 0 Å². The minimum atomic E-state index is -0.607. The fraction of sp³-hybridized carbons (Fsp3) is 0.714. The van der Waals surface area contributed by atoms with Crippen LogP contribution in [0.2, 0.25) is 0 Å². The van der Waals surface area contributed by atoms with Crippen LogP contribution in [0, 0.1) is 0 Å². The van der Waals surface area contributed by atoms with Gasteiger partial charge in [0.05, 0.1) is 0 Å². The second kappa shape index (κ2) is 6.93. The molecule has 2 aliphatic rings. The molecule has 0 bridgehead atoms. The van der Waals surface area contributed by atoms with E-state index >= 15 is 0 Å². The molecule has 0 aliphatic carbocycles. The van der Waals surface area contributed by atoms with Crippen LogP contribution in [0.5, 0.6) is 0 Å². The highest BCUT2D eigenvalue weighted by molar-refractivity contribution is 5.85. The first kappa shape index (κ1) is 17.8. The van der Waals surface area contributed by atoms with Gasteiger partial charge in [-0.1, -0.05) is 0 Å². The molecule has 2 fully saturated rings. The minimum absolute atomic E-state index is 0.239. The van der Waals surface area contributed by atoms with Crippen molar-refractivity contribution in [1.82, 2.24) is 19.6 Å². The average Bonchev–Trinajstić information content (AvgIpc) is 2.93. The van der Waals surface area contributed by atoms with Gasteiger partial charge in [0.2, 0.25) is 0 Å². The van der Waals surface area contributed by atoms with E-state index in [-0.39, 0.29) is 25.5 Å². The van der Waals surface area contributed by atoms with Gasteiger partial charge in [-0.25, -0.2) is 9.59 Å². The molecule has 0 aromatic carbocycles. The van der Waals surface area contributed by atoms with Crippen molar-refractivity contribution >= 4 is 24.0 Å². The molecule has 0 spiro atoms. The largest absolute Gasteiger partial charge is 0.444 e. The number of hydrogen-bond donors (Lipinski definition) is 0. The zero-order valence-corrected chi connectivity index (χ0v) is 14.2. The van der Waals surface area contributed by atoms with Gasteiger partial charge in [0.1, 0.15) is 0 Å². The molecule has 2 rings (SSSR count). The van der Waals surface area contributed by atoms with Gasteiger partial charge in [0.25, 0.3) is 0 Å². The Hall–Kier alpha value is -2.52. The molecule has 134 valence electrons. The molecule has 10 heteroatoms. The molecule has 0 radical (unpaired) electrons. The number of urea groups is 2. The Morgan fingerprint density at radius 2 is 1.12 bits per heavy atom. The lowest BCUT2D eigenvalue weighted by molar-refractivity contribution is -0.147. The number of carbonyl (C=O) groups is 4. The molecular formula is C14H22N4O6. The molecule has 0 aromatic heterocycles. The maximum atomic E-state index is 12.6. The van der Waals surface area contributed by atoms with Crippen LogP contribution in [-0.4, -0.2) is 82.5 Å². The molecule has 2 aliphatic heterocycles. The molecule has 0 saturated carbocycles. The third-order valence-electron chi connectivity index (χ3n) is 4.02. The van der Waals surface area contributed by atoms with E-state index in [4.69, 9.17) is 9.47 Å². The molecule has 24 heavy (non-hydrogen) atoms. The number of rotatable bonds is 6. The summed E-state index contributed by atoms with van der Waals surface area (Å²) < 4.78 is 9.91. The van der Waals surface area contributed by atoms with Gasteiger partial charge in [0.15, 0.2) is 25.8 Å². The predicted octanol–water partition coefficient (Wildman–Crippen LogP) is 0.195. The first-order valence-corrected chi connectivity index (χ1v) is 7.74. The van der Waals surface area contributed by atoms with Crippen LogP contribution < -0.4 is 0 Å². The molecular weight excluding hydrogens is 320 g/mol. The van der Waals surface area contributed by atoms with Crippen LogP contribution in [0.15, 0.2) is 0 Å². The highest BCUT2D eigenvalue weighted by Crippen LogP contribution is 2.34. The highest BCUT2D eigenvalue weighted by Gasteiger charge is 2.58. The smallest absolute Gasteiger partial charge is 0.326 e. The summed E-state index contributed by atoms with van der Waals surface area (Å²) in [6.45, 7) is 6.31. The van der Waals surface area contributed by atoms with E-state index in [1.54, 1.807) is 13.8 Å². The maximum Gasteiger partial charge on any atom is 0.326 e. The van der Waals surface area contributed by atoms with Crippen molar-refractivity contribution in [3.63, 3.8) is 0 Å². The minimum Gasteiger partial charge on any atom is -0.444 e. The van der Waals surface area contributed by atoms with E-state index in [0.717, 1.165) is 0 Å². The number of esters is 2. The first-order chi connectivity index (χ1) is 11.3. The van der Waals surface area contributed by atoms with Gasteiger partial charge < -0.3 is 19.3 Å². The molecule has 0 unspecified atom stereocenters. The Labute approximate surface area is 139 Å². The third kappa shape index (κ3) is 2.95. The average molecular weight is 342 g/mol. The Morgan fingerprint density at radius 1 is 0.792 bits per heavy atom. The molecule has 2 heterocycles. The number of amides is 4. The molecule has 4 amide bonds. The Balaban J connectivity index is 2.31. The fourth-order valence-corrected chi connectivity index (χ4v) is 2.99. The summed E-state index contributed by atoms with van der Waals surface area (Å²) in [7, 11) is 0. The second-order valence-corrected chi connectivity index (χ2v) is 5.43. The molecule has 10 nitrogen and oxygen atoms in total. The Kier molecular flexibility index (Phi) is 5.15. The van der Waals surface area contributed by atoms with Crippen LogP contribution in [0.1, 0.15) is 27.7 Å². The van der Waals surface area contributed by atoms with Gasteiger partial charge in [0, 0.05) is 26.9 Å². The fourth-order valence-electron chi connectivity index (χ4n) is 2.99. The lowest BCUT2D eigenvalue weighted by Gasteiger charge is -2.28. The summed E-state index contributed by atoms with van der Waals surface area (Å²) in [4.78, 5) is 53.0. The van der Waals surface area contributed by atoms with Crippen molar-refractivity contribution in [3.8, 4) is 0 Å². The van der Waals surface area contributed by atoms with Crippen LogP contribution in [0.25, 0.3) is 0 Å². The van der Waals surface area contributed by atoms with Gasteiger partial charge >= 0.3 is 24.0 Å². The number of hydrogen-bond acceptors (Lipinski definition) is 6. The predicted molar refractivity (Wildman–Crippen MR) is 80.1 cm³/mol. The molecule has 2 saturated heterocycles. The van der Waals surface area contributed by atoms with Gasteiger partial charge in [-0.05, 0) is 13.8 Å². The first-order valence-electron chi connectivity index (χ1n) is 7.74. The number of likely N-dealkylation sites (N-methyl/N-ethyl adjacent to an activating group) is 2. The van der Waals surface area contributed by atoms with Crippen molar-refractivity contribution in [2.45, 2.75) is 40.0 Å². The summed E-state index contributed by atoms with van der Waals surface area (Å²) >= 11 is 0. The lowest BCUT2D eigenvalue weighted by atomic mass is 10.3. The number of fused-ring (bicyclic) bond motifs is 1. The summed E-state index contributed by atoms with van der Waals surface area (Å²) in [5.41, 5.74) is 0. The number of nitrogens with zero attached hydrogens (tertiary/aromatic N) is 4. The van der Waals surface area contributed by atoms with Gasteiger partial charge in [-0.3, -0.25) is 19.4 Å². The standard InChI is InChI=1S/C14H22N4O6/c1-5-15-11-12(18(13(15)21)8-24-10(4)20)16(6-2)14(22)17(11)7-23-9(3)19/h11-12H,5-8H2,1-4H3/t11-,12+.